The molecule has 6 nitrogen and oxygen atoms in total. The minimum Gasteiger partial charge on any atom is -0.340 e. The Labute approximate surface area is 153 Å². The van der Waals surface area contributed by atoms with Crippen LogP contribution in [0.25, 0.3) is 0 Å². The van der Waals surface area contributed by atoms with E-state index in [0.717, 1.165) is 44.1 Å². The number of aryl methyl sites for hydroxylation is 2. The first-order chi connectivity index (χ1) is 12.0. The third kappa shape index (κ3) is 4.38. The number of aromatic nitrogens is 3. The van der Waals surface area contributed by atoms with Crippen molar-refractivity contribution in [3.63, 3.8) is 0 Å². The molecule has 0 aliphatic carbocycles. The third-order valence-corrected chi connectivity index (χ3v) is 5.23. The molecule has 2 aromatic rings. The van der Waals surface area contributed by atoms with Gasteiger partial charge in [0.25, 0.3) is 0 Å². The first-order valence-electron chi connectivity index (χ1n) is 8.63. The molecule has 0 bridgehead atoms. The molecular weight excluding hydrogens is 338 g/mol. The minimum absolute atomic E-state index is 0.185. The zero-order valence-corrected chi connectivity index (χ0v) is 15.5. The Morgan fingerprint density at radius 2 is 2.00 bits per heavy atom. The van der Waals surface area contributed by atoms with Gasteiger partial charge in [0.2, 0.25) is 5.91 Å². The predicted molar refractivity (Wildman–Crippen MR) is 97.4 cm³/mol. The molecule has 1 aliphatic rings. The molecule has 1 amide bonds. The van der Waals surface area contributed by atoms with Crippen molar-refractivity contribution >= 4 is 17.5 Å². The number of halogens is 1. The van der Waals surface area contributed by atoms with Crippen molar-refractivity contribution in [2.24, 2.45) is 0 Å². The lowest BCUT2D eigenvalue weighted by Crippen LogP contribution is -2.48. The number of rotatable bonds is 5. The highest BCUT2D eigenvalue weighted by atomic mass is 35.5. The largest absolute Gasteiger partial charge is 0.340 e. The van der Waals surface area contributed by atoms with Crippen LogP contribution >= 0.6 is 11.6 Å². The number of hydrogen-bond acceptors (Lipinski definition) is 4. The Balaban J connectivity index is 1.46. The van der Waals surface area contributed by atoms with E-state index in [0.29, 0.717) is 18.0 Å². The molecule has 0 spiro atoms. The van der Waals surface area contributed by atoms with E-state index in [2.05, 4.69) is 21.0 Å². The maximum atomic E-state index is 12.5. The number of carbonyl (C=O) groups is 1. The summed E-state index contributed by atoms with van der Waals surface area (Å²) in [5.41, 5.74) is 2.95. The normalized spacial score (nSPS) is 15.6. The Morgan fingerprint density at radius 3 is 2.60 bits per heavy atom. The molecule has 0 aromatic carbocycles. The second-order valence-electron chi connectivity index (χ2n) is 6.48. The van der Waals surface area contributed by atoms with E-state index >= 15 is 0 Å². The number of hydrogen-bond donors (Lipinski definition) is 0. The Bertz CT molecular complexity index is 723. The van der Waals surface area contributed by atoms with Gasteiger partial charge in [-0.3, -0.25) is 19.4 Å². The molecule has 3 rings (SSSR count). The van der Waals surface area contributed by atoms with Crippen molar-refractivity contribution in [2.75, 3.05) is 26.2 Å². The van der Waals surface area contributed by atoms with Crippen molar-refractivity contribution < 1.29 is 4.79 Å². The van der Waals surface area contributed by atoms with Gasteiger partial charge >= 0.3 is 0 Å². The van der Waals surface area contributed by atoms with Gasteiger partial charge < -0.3 is 4.90 Å². The maximum absolute atomic E-state index is 12.5. The summed E-state index contributed by atoms with van der Waals surface area (Å²) >= 11 is 6.16. The van der Waals surface area contributed by atoms with Gasteiger partial charge in [-0.1, -0.05) is 17.7 Å². The van der Waals surface area contributed by atoms with E-state index in [9.17, 15) is 4.79 Å². The molecule has 25 heavy (non-hydrogen) atoms. The summed E-state index contributed by atoms with van der Waals surface area (Å²) in [5.74, 6) is 0.185. The fourth-order valence-corrected chi connectivity index (χ4v) is 3.29. The lowest BCUT2D eigenvalue weighted by molar-refractivity contribution is -0.133. The second-order valence-corrected chi connectivity index (χ2v) is 6.85. The molecule has 0 unspecified atom stereocenters. The molecule has 1 fully saturated rings. The Kier molecular flexibility index (Phi) is 5.71. The van der Waals surface area contributed by atoms with E-state index < -0.39 is 0 Å². The van der Waals surface area contributed by atoms with E-state index in [1.54, 1.807) is 6.20 Å². The molecule has 1 aliphatic heterocycles. The number of carbonyl (C=O) groups excluding carboxylic acids is 1. The number of nitrogens with zero attached hydrogens (tertiary/aromatic N) is 5. The third-order valence-electron chi connectivity index (χ3n) is 4.68. The first kappa shape index (κ1) is 17.9. The molecule has 2 aromatic heterocycles. The SMILES string of the molecule is Cc1nn(CCC(=O)N2CCN(Cc3cccnc3)CC2)c(C)c1Cl. The fourth-order valence-electron chi connectivity index (χ4n) is 3.16. The van der Waals surface area contributed by atoms with Gasteiger partial charge in [0, 0.05) is 51.5 Å². The van der Waals surface area contributed by atoms with E-state index in [4.69, 9.17) is 11.6 Å². The van der Waals surface area contributed by atoms with Crippen LogP contribution in [0.4, 0.5) is 0 Å². The van der Waals surface area contributed by atoms with E-state index in [1.165, 1.54) is 5.56 Å². The molecule has 7 heteroatoms. The highest BCUT2D eigenvalue weighted by molar-refractivity contribution is 6.31. The quantitative estimate of drug-likeness (QED) is 0.819. The minimum atomic E-state index is 0.185. The van der Waals surface area contributed by atoms with Crippen LogP contribution in [-0.2, 0) is 17.9 Å². The summed E-state index contributed by atoms with van der Waals surface area (Å²) in [6.45, 7) is 8.63. The molecule has 1 saturated heterocycles. The van der Waals surface area contributed by atoms with Crippen molar-refractivity contribution in [3.8, 4) is 0 Å². The highest BCUT2D eigenvalue weighted by Gasteiger charge is 2.21. The average Bonchev–Trinajstić information content (AvgIpc) is 2.88. The summed E-state index contributed by atoms with van der Waals surface area (Å²) in [5, 5.41) is 5.08. The van der Waals surface area contributed by atoms with Crippen LogP contribution in [0.5, 0.6) is 0 Å². The monoisotopic (exact) mass is 361 g/mol. The van der Waals surface area contributed by atoms with Crippen molar-refractivity contribution in [3.05, 3.63) is 46.5 Å². The topological polar surface area (TPSA) is 54.3 Å². The molecular formula is C18H24ClN5O. The van der Waals surface area contributed by atoms with Crippen molar-refractivity contribution in [1.29, 1.82) is 0 Å². The first-order valence-corrected chi connectivity index (χ1v) is 9.01. The van der Waals surface area contributed by atoms with E-state index in [1.807, 2.05) is 35.7 Å². The highest BCUT2D eigenvalue weighted by Crippen LogP contribution is 2.19. The molecule has 0 radical (unpaired) electrons. The van der Waals surface area contributed by atoms with Gasteiger partial charge in [0.1, 0.15) is 0 Å². The predicted octanol–water partition coefficient (Wildman–Crippen LogP) is 2.28. The standard InChI is InChI=1S/C18H24ClN5O/c1-14-18(19)15(2)24(21-14)7-5-17(25)23-10-8-22(9-11-23)13-16-4-3-6-20-12-16/h3-4,6,12H,5,7-11,13H2,1-2H3. The summed E-state index contributed by atoms with van der Waals surface area (Å²) in [6.07, 6.45) is 4.15. The van der Waals surface area contributed by atoms with Crippen LogP contribution in [0, 0.1) is 13.8 Å². The van der Waals surface area contributed by atoms with Crippen LogP contribution in [0.15, 0.2) is 24.5 Å². The number of piperazine rings is 1. The Hall–Kier alpha value is -1.92. The summed E-state index contributed by atoms with van der Waals surface area (Å²) in [6, 6.07) is 4.05. The zero-order valence-electron chi connectivity index (χ0n) is 14.8. The van der Waals surface area contributed by atoms with Gasteiger partial charge in [-0.2, -0.15) is 5.10 Å². The van der Waals surface area contributed by atoms with Crippen LogP contribution in [0.3, 0.4) is 0 Å². The average molecular weight is 362 g/mol. The fraction of sp³-hybridized carbons (Fsp3) is 0.500. The van der Waals surface area contributed by atoms with Crippen LogP contribution in [-0.4, -0.2) is 56.7 Å². The van der Waals surface area contributed by atoms with Gasteiger partial charge in [0.05, 0.1) is 23.0 Å². The second kappa shape index (κ2) is 7.97. The van der Waals surface area contributed by atoms with Crippen LogP contribution in [0.1, 0.15) is 23.4 Å². The Morgan fingerprint density at radius 1 is 1.24 bits per heavy atom. The maximum Gasteiger partial charge on any atom is 0.224 e. The van der Waals surface area contributed by atoms with E-state index in [-0.39, 0.29) is 5.91 Å². The van der Waals surface area contributed by atoms with Gasteiger partial charge in [-0.15, -0.1) is 0 Å². The molecule has 0 N–H and O–H groups in total. The van der Waals surface area contributed by atoms with Crippen molar-refractivity contribution in [1.82, 2.24) is 24.6 Å². The smallest absolute Gasteiger partial charge is 0.224 e. The van der Waals surface area contributed by atoms with Gasteiger partial charge in [-0.05, 0) is 25.5 Å². The van der Waals surface area contributed by atoms with Gasteiger partial charge in [-0.25, -0.2) is 0 Å². The number of amides is 1. The van der Waals surface area contributed by atoms with Crippen LogP contribution < -0.4 is 0 Å². The lowest BCUT2D eigenvalue weighted by Gasteiger charge is -2.34. The summed E-state index contributed by atoms with van der Waals surface area (Å²) < 4.78 is 1.83. The number of pyridine rings is 1. The molecule has 3 heterocycles. The zero-order chi connectivity index (χ0) is 17.8. The molecule has 134 valence electrons. The van der Waals surface area contributed by atoms with Gasteiger partial charge in [0.15, 0.2) is 0 Å². The summed E-state index contributed by atoms with van der Waals surface area (Å²) in [4.78, 5) is 20.9. The van der Waals surface area contributed by atoms with Crippen LogP contribution in [0.2, 0.25) is 5.02 Å². The molecule has 0 atom stereocenters. The lowest BCUT2D eigenvalue weighted by atomic mass is 10.2. The molecule has 0 saturated carbocycles. The van der Waals surface area contributed by atoms with Crippen molar-refractivity contribution in [2.45, 2.75) is 33.4 Å². The summed E-state index contributed by atoms with van der Waals surface area (Å²) in [7, 11) is 0.